The van der Waals surface area contributed by atoms with Crippen LogP contribution in [0.15, 0.2) is 42.0 Å². The van der Waals surface area contributed by atoms with Crippen molar-refractivity contribution in [2.24, 2.45) is 0 Å². The molecular weight excluding hydrogens is 354 g/mol. The molecule has 2 aromatic carbocycles. The first-order valence-electron chi connectivity index (χ1n) is 7.83. The van der Waals surface area contributed by atoms with Gasteiger partial charge < -0.3 is 5.32 Å². The fourth-order valence-electron chi connectivity index (χ4n) is 2.39. The highest BCUT2D eigenvalue weighted by Crippen LogP contribution is 2.25. The molecule has 0 unspecified atom stereocenters. The van der Waals surface area contributed by atoms with Crippen LogP contribution >= 0.6 is 11.6 Å². The Morgan fingerprint density at radius 2 is 2.12 bits per heavy atom. The fraction of sp³-hybridized carbons (Fsp3) is 0.158. The molecule has 0 heterocycles. The van der Waals surface area contributed by atoms with Crippen LogP contribution < -0.4 is 5.32 Å². The molecule has 0 spiro atoms. The van der Waals surface area contributed by atoms with Crippen molar-refractivity contribution in [2.45, 2.75) is 20.3 Å². The Hall–Kier alpha value is -3.17. The van der Waals surface area contributed by atoms with Crippen LogP contribution in [0.1, 0.15) is 23.6 Å². The average Bonchev–Trinajstić information content (AvgIpc) is 2.63. The Kier molecular flexibility index (Phi) is 6.10. The molecule has 132 valence electrons. The number of rotatable bonds is 5. The first-order valence-corrected chi connectivity index (χ1v) is 8.20. The summed E-state index contributed by atoms with van der Waals surface area (Å²) >= 11 is 6.02. The molecule has 0 aliphatic carbocycles. The van der Waals surface area contributed by atoms with Crippen LogP contribution in [0.4, 0.5) is 11.4 Å². The zero-order valence-corrected chi connectivity index (χ0v) is 15.0. The van der Waals surface area contributed by atoms with Gasteiger partial charge in [0.05, 0.1) is 4.92 Å². The number of hydrogen-bond acceptors (Lipinski definition) is 4. The Balaban J connectivity index is 2.34. The van der Waals surface area contributed by atoms with E-state index in [0.29, 0.717) is 33.8 Å². The van der Waals surface area contributed by atoms with E-state index in [4.69, 9.17) is 11.6 Å². The van der Waals surface area contributed by atoms with Crippen molar-refractivity contribution in [3.63, 3.8) is 0 Å². The molecule has 26 heavy (non-hydrogen) atoms. The van der Waals surface area contributed by atoms with E-state index in [0.717, 1.165) is 0 Å². The monoisotopic (exact) mass is 369 g/mol. The summed E-state index contributed by atoms with van der Waals surface area (Å²) in [5.74, 6) is -0.611. The third-order valence-corrected chi connectivity index (χ3v) is 4.29. The molecule has 2 rings (SSSR count). The highest BCUT2D eigenvalue weighted by molar-refractivity contribution is 6.31. The predicted molar refractivity (Wildman–Crippen MR) is 101 cm³/mol. The zero-order valence-electron chi connectivity index (χ0n) is 14.2. The van der Waals surface area contributed by atoms with Crippen LogP contribution in [-0.4, -0.2) is 10.8 Å². The van der Waals surface area contributed by atoms with E-state index in [1.807, 2.05) is 13.0 Å². The van der Waals surface area contributed by atoms with Crippen LogP contribution in [0, 0.1) is 28.4 Å². The van der Waals surface area contributed by atoms with E-state index in [-0.39, 0.29) is 11.3 Å². The summed E-state index contributed by atoms with van der Waals surface area (Å²) in [6, 6.07) is 11.5. The predicted octanol–water partition coefficient (Wildman–Crippen LogP) is 4.66. The van der Waals surface area contributed by atoms with Gasteiger partial charge in [0.1, 0.15) is 11.6 Å². The minimum atomic E-state index is -0.611. The molecule has 0 fully saturated rings. The number of nitriles is 1. The number of hydrogen-bond donors (Lipinski definition) is 1. The second-order valence-electron chi connectivity index (χ2n) is 5.54. The lowest BCUT2D eigenvalue weighted by Crippen LogP contribution is -2.14. The van der Waals surface area contributed by atoms with Gasteiger partial charge in [-0.3, -0.25) is 14.9 Å². The molecule has 0 aliphatic heterocycles. The first kappa shape index (κ1) is 19.2. The Labute approximate surface area is 155 Å². The number of aryl methyl sites for hydroxylation is 1. The third kappa shape index (κ3) is 4.26. The maximum atomic E-state index is 12.4. The molecule has 7 heteroatoms. The number of amides is 1. The SMILES string of the molecule is CCc1ccc(/C=C(\C#N)C(=O)Nc2cccc(Cl)c2C)cc1[N+](=O)[O-]. The molecule has 0 saturated heterocycles. The zero-order chi connectivity index (χ0) is 19.3. The van der Waals surface area contributed by atoms with Crippen molar-refractivity contribution in [1.29, 1.82) is 5.26 Å². The van der Waals surface area contributed by atoms with Crippen LogP contribution in [-0.2, 0) is 11.2 Å². The van der Waals surface area contributed by atoms with E-state index < -0.39 is 10.8 Å². The topological polar surface area (TPSA) is 96.0 Å². The maximum Gasteiger partial charge on any atom is 0.273 e. The summed E-state index contributed by atoms with van der Waals surface area (Å²) in [4.78, 5) is 23.1. The van der Waals surface area contributed by atoms with Crippen molar-refractivity contribution in [3.8, 4) is 6.07 Å². The number of nitro groups is 1. The van der Waals surface area contributed by atoms with E-state index in [1.165, 1.54) is 12.1 Å². The summed E-state index contributed by atoms with van der Waals surface area (Å²) in [5, 5.41) is 23.6. The maximum absolute atomic E-state index is 12.4. The Bertz CT molecular complexity index is 946. The summed E-state index contributed by atoms with van der Waals surface area (Å²) in [6.45, 7) is 3.57. The molecule has 0 bridgehead atoms. The van der Waals surface area contributed by atoms with Gasteiger partial charge in [0.15, 0.2) is 0 Å². The van der Waals surface area contributed by atoms with E-state index in [9.17, 15) is 20.2 Å². The fourth-order valence-corrected chi connectivity index (χ4v) is 2.56. The second-order valence-corrected chi connectivity index (χ2v) is 5.94. The standard InChI is InChI=1S/C19H16ClN3O3/c1-3-14-8-7-13(10-18(14)23(25)26)9-15(11-21)19(24)22-17-6-4-5-16(20)12(17)2/h4-10H,3H2,1-2H3,(H,22,24)/b15-9+. The molecule has 0 aromatic heterocycles. The molecule has 0 saturated carbocycles. The number of nitrogens with one attached hydrogen (secondary N) is 1. The van der Waals surface area contributed by atoms with Gasteiger partial charge in [0.25, 0.3) is 11.6 Å². The number of nitro benzene ring substituents is 1. The van der Waals surface area contributed by atoms with Crippen molar-refractivity contribution in [3.05, 3.63) is 73.8 Å². The smallest absolute Gasteiger partial charge is 0.273 e. The Morgan fingerprint density at radius 1 is 1.38 bits per heavy atom. The highest BCUT2D eigenvalue weighted by Gasteiger charge is 2.15. The van der Waals surface area contributed by atoms with Crippen LogP contribution in [0.2, 0.25) is 5.02 Å². The minimum Gasteiger partial charge on any atom is -0.321 e. The largest absolute Gasteiger partial charge is 0.321 e. The molecule has 2 aromatic rings. The summed E-state index contributed by atoms with van der Waals surface area (Å²) in [6.07, 6.45) is 1.83. The second kappa shape index (κ2) is 8.28. The van der Waals surface area contributed by atoms with Crippen molar-refractivity contribution >= 4 is 35.0 Å². The lowest BCUT2D eigenvalue weighted by atomic mass is 10.0. The van der Waals surface area contributed by atoms with Gasteiger partial charge in [0, 0.05) is 22.3 Å². The molecule has 0 aliphatic rings. The number of benzene rings is 2. The normalized spacial score (nSPS) is 10.9. The summed E-state index contributed by atoms with van der Waals surface area (Å²) < 4.78 is 0. The van der Waals surface area contributed by atoms with Gasteiger partial charge in [-0.15, -0.1) is 0 Å². The summed E-state index contributed by atoms with van der Waals surface area (Å²) in [7, 11) is 0. The van der Waals surface area contributed by atoms with E-state index in [2.05, 4.69) is 5.32 Å². The lowest BCUT2D eigenvalue weighted by Gasteiger charge is -2.09. The van der Waals surface area contributed by atoms with Gasteiger partial charge in [-0.05, 0) is 42.7 Å². The van der Waals surface area contributed by atoms with E-state index >= 15 is 0 Å². The van der Waals surface area contributed by atoms with E-state index in [1.54, 1.807) is 37.3 Å². The third-order valence-electron chi connectivity index (χ3n) is 3.88. The molecule has 1 amide bonds. The number of nitrogens with zero attached hydrogens (tertiary/aromatic N) is 2. The molecule has 1 N–H and O–H groups in total. The van der Waals surface area contributed by atoms with Gasteiger partial charge >= 0.3 is 0 Å². The molecular formula is C19H16ClN3O3. The van der Waals surface area contributed by atoms with Crippen LogP contribution in [0.25, 0.3) is 6.08 Å². The number of carbonyl (C=O) groups excluding carboxylic acids is 1. The first-order chi connectivity index (χ1) is 12.4. The number of carbonyl (C=O) groups is 1. The van der Waals surface area contributed by atoms with Gasteiger partial charge in [0.2, 0.25) is 0 Å². The van der Waals surface area contributed by atoms with Crippen molar-refractivity contribution in [2.75, 3.05) is 5.32 Å². The van der Waals surface area contributed by atoms with Crippen molar-refractivity contribution < 1.29 is 9.72 Å². The molecule has 6 nitrogen and oxygen atoms in total. The minimum absolute atomic E-state index is 0.0374. The number of halogens is 1. The molecule has 0 atom stereocenters. The van der Waals surface area contributed by atoms with Gasteiger partial charge in [-0.25, -0.2) is 0 Å². The van der Waals surface area contributed by atoms with Crippen LogP contribution in [0.5, 0.6) is 0 Å². The van der Waals surface area contributed by atoms with Crippen LogP contribution in [0.3, 0.4) is 0 Å². The quantitative estimate of drug-likeness (QED) is 0.358. The Morgan fingerprint density at radius 3 is 2.73 bits per heavy atom. The van der Waals surface area contributed by atoms with Crippen molar-refractivity contribution in [1.82, 2.24) is 0 Å². The highest BCUT2D eigenvalue weighted by atomic mass is 35.5. The lowest BCUT2D eigenvalue weighted by molar-refractivity contribution is -0.385. The number of anilines is 1. The molecule has 0 radical (unpaired) electrons. The van der Waals surface area contributed by atoms with Gasteiger partial charge in [-0.2, -0.15) is 5.26 Å². The van der Waals surface area contributed by atoms with Gasteiger partial charge in [-0.1, -0.05) is 36.7 Å². The summed E-state index contributed by atoms with van der Waals surface area (Å²) in [5.41, 5.74) is 1.97. The average molecular weight is 370 g/mol.